The zero-order chi connectivity index (χ0) is 26.6. The molecule has 0 radical (unpaired) electrons. The highest BCUT2D eigenvalue weighted by molar-refractivity contribution is 7.17. The summed E-state index contributed by atoms with van der Waals surface area (Å²) in [5.41, 5.74) is 2.59. The molecule has 5 rings (SSSR count). The van der Waals surface area contributed by atoms with Crippen molar-refractivity contribution in [3.05, 3.63) is 42.3 Å². The predicted molar refractivity (Wildman–Crippen MR) is 149 cm³/mol. The number of hydrogen-bond acceptors (Lipinski definition) is 9. The van der Waals surface area contributed by atoms with Gasteiger partial charge in [-0.05, 0) is 29.7 Å². The van der Waals surface area contributed by atoms with Crippen molar-refractivity contribution < 1.29 is 19.1 Å². The van der Waals surface area contributed by atoms with Gasteiger partial charge in [0.05, 0.1) is 18.3 Å². The van der Waals surface area contributed by atoms with Crippen molar-refractivity contribution in [2.75, 3.05) is 56.6 Å². The Morgan fingerprint density at radius 3 is 2.53 bits per heavy atom. The minimum absolute atomic E-state index is 0.0331. The fourth-order valence-corrected chi connectivity index (χ4v) is 5.60. The monoisotopic (exact) mass is 536 g/mol. The summed E-state index contributed by atoms with van der Waals surface area (Å²) in [6.07, 6.45) is 2.78. The molecule has 0 saturated carbocycles. The average Bonchev–Trinajstić information content (AvgIpc) is 3.42. The first kappa shape index (κ1) is 25.8. The topological polar surface area (TPSA) is 100 Å². The van der Waals surface area contributed by atoms with Gasteiger partial charge in [-0.3, -0.25) is 9.59 Å². The number of fused-ring (bicyclic) bond motifs is 1. The molecule has 200 valence electrons. The number of piperidine rings is 1. The summed E-state index contributed by atoms with van der Waals surface area (Å²) in [6, 6.07) is 7.93. The van der Waals surface area contributed by atoms with E-state index < -0.39 is 0 Å². The lowest BCUT2D eigenvalue weighted by Crippen LogP contribution is -2.48. The van der Waals surface area contributed by atoms with Gasteiger partial charge in [-0.15, -0.1) is 11.3 Å². The molecule has 2 saturated heterocycles. The van der Waals surface area contributed by atoms with E-state index in [1.165, 1.54) is 6.08 Å². The average molecular weight is 537 g/mol. The molecule has 1 N–H and O–H groups in total. The molecule has 4 heterocycles. The number of carbonyl (C=O) groups excluding carboxylic acids is 2. The van der Waals surface area contributed by atoms with Crippen LogP contribution in [-0.2, 0) is 9.59 Å². The van der Waals surface area contributed by atoms with Crippen LogP contribution in [0, 0.1) is 0 Å². The molecular formula is C27H32N6O4S. The van der Waals surface area contributed by atoms with Gasteiger partial charge in [0.2, 0.25) is 23.6 Å². The second-order valence-corrected chi connectivity index (χ2v) is 10.3. The van der Waals surface area contributed by atoms with Crippen LogP contribution in [-0.4, -0.2) is 84.1 Å². The van der Waals surface area contributed by atoms with Gasteiger partial charge >= 0.3 is 0 Å². The largest absolute Gasteiger partial charge is 0.494 e. The van der Waals surface area contributed by atoms with Crippen LogP contribution in [0.5, 0.6) is 11.6 Å². The van der Waals surface area contributed by atoms with Crippen molar-refractivity contribution in [1.29, 1.82) is 0 Å². The third kappa shape index (κ3) is 5.52. The zero-order valence-electron chi connectivity index (χ0n) is 21.7. The van der Waals surface area contributed by atoms with Crippen LogP contribution in [0.25, 0.3) is 10.2 Å². The normalized spacial score (nSPS) is 16.4. The highest BCUT2D eigenvalue weighted by Gasteiger charge is 2.25. The number of carbonyl (C=O) groups is 2. The van der Waals surface area contributed by atoms with Gasteiger partial charge in [-0.25, -0.2) is 4.98 Å². The molecular weight excluding hydrogens is 504 g/mol. The van der Waals surface area contributed by atoms with E-state index in [2.05, 4.69) is 21.8 Å². The van der Waals surface area contributed by atoms with Crippen molar-refractivity contribution in [3.63, 3.8) is 0 Å². The van der Waals surface area contributed by atoms with Gasteiger partial charge in [-0.1, -0.05) is 6.58 Å². The number of amides is 2. The number of thiophene rings is 1. The van der Waals surface area contributed by atoms with Crippen LogP contribution in [0.15, 0.2) is 42.3 Å². The Morgan fingerprint density at radius 2 is 1.84 bits per heavy atom. The maximum absolute atomic E-state index is 11.9. The number of nitrogens with one attached hydrogen (secondary N) is 1. The molecule has 2 fully saturated rings. The molecule has 0 spiro atoms. The summed E-state index contributed by atoms with van der Waals surface area (Å²) in [4.78, 5) is 38.9. The Balaban J connectivity index is 1.31. The predicted octanol–water partition coefficient (Wildman–Crippen LogP) is 3.67. The number of rotatable bonds is 7. The minimum Gasteiger partial charge on any atom is -0.494 e. The fourth-order valence-electron chi connectivity index (χ4n) is 4.83. The van der Waals surface area contributed by atoms with E-state index >= 15 is 0 Å². The van der Waals surface area contributed by atoms with Crippen LogP contribution < -0.4 is 19.7 Å². The highest BCUT2D eigenvalue weighted by atomic mass is 32.1. The number of piperazine rings is 1. The molecule has 0 unspecified atom stereocenters. The Hall–Kier alpha value is -3.86. The molecule has 0 atom stereocenters. The number of likely N-dealkylation sites (tertiary alicyclic amines) is 1. The number of anilines is 3. The standard InChI is InChI=1S/C27H32N6O4S/c1-4-24(35)33-10-7-20(8-11-33)37-26-25-22(9-16-38-25)29-27(30-26)28-21-6-5-19(17-23(21)36-3)32-14-12-31(13-15-32)18(2)34/h4-6,9,16-17,20H,1,7-8,10-15H2,2-3H3,(H,28,29,30). The van der Waals surface area contributed by atoms with Gasteiger partial charge < -0.3 is 29.5 Å². The van der Waals surface area contributed by atoms with Crippen molar-refractivity contribution in [1.82, 2.24) is 19.8 Å². The van der Waals surface area contributed by atoms with E-state index in [1.807, 2.05) is 34.5 Å². The summed E-state index contributed by atoms with van der Waals surface area (Å²) in [5, 5.41) is 5.28. The summed E-state index contributed by atoms with van der Waals surface area (Å²) < 4.78 is 12.9. The van der Waals surface area contributed by atoms with Crippen LogP contribution in [0.3, 0.4) is 0 Å². The summed E-state index contributed by atoms with van der Waals surface area (Å²) in [7, 11) is 1.64. The van der Waals surface area contributed by atoms with Gasteiger partial charge in [0, 0.05) is 70.8 Å². The van der Waals surface area contributed by atoms with Crippen molar-refractivity contribution in [2.24, 2.45) is 0 Å². The lowest BCUT2D eigenvalue weighted by molar-refractivity contribution is -0.129. The number of aromatic nitrogens is 2. The van der Waals surface area contributed by atoms with E-state index in [9.17, 15) is 9.59 Å². The van der Waals surface area contributed by atoms with E-state index in [-0.39, 0.29) is 17.9 Å². The number of benzene rings is 1. The van der Waals surface area contributed by atoms with Crippen molar-refractivity contribution in [3.8, 4) is 11.6 Å². The Kier molecular flexibility index (Phi) is 7.64. The van der Waals surface area contributed by atoms with Gasteiger partial charge in [0.15, 0.2) is 0 Å². The first-order valence-electron chi connectivity index (χ1n) is 12.7. The molecule has 0 aliphatic carbocycles. The summed E-state index contributed by atoms with van der Waals surface area (Å²) >= 11 is 1.54. The van der Waals surface area contributed by atoms with E-state index in [0.717, 1.165) is 47.5 Å². The SMILES string of the molecule is C=CC(=O)N1CCC(Oc2nc(Nc3ccc(N4CCN(C(C)=O)CC4)cc3OC)nc3ccsc23)CC1. The second kappa shape index (κ2) is 11.3. The molecule has 3 aromatic rings. The smallest absolute Gasteiger partial charge is 0.245 e. The lowest BCUT2D eigenvalue weighted by atomic mass is 10.1. The van der Waals surface area contributed by atoms with Crippen LogP contribution >= 0.6 is 11.3 Å². The zero-order valence-corrected chi connectivity index (χ0v) is 22.5. The van der Waals surface area contributed by atoms with Gasteiger partial charge in [0.1, 0.15) is 16.6 Å². The first-order valence-corrected chi connectivity index (χ1v) is 13.6. The van der Waals surface area contributed by atoms with Gasteiger partial charge in [0.25, 0.3) is 0 Å². The third-order valence-electron chi connectivity index (χ3n) is 7.00. The van der Waals surface area contributed by atoms with Crippen LogP contribution in [0.1, 0.15) is 19.8 Å². The van der Waals surface area contributed by atoms with Crippen LogP contribution in [0.4, 0.5) is 17.3 Å². The summed E-state index contributed by atoms with van der Waals surface area (Å²) in [6.45, 7) is 9.41. The second-order valence-electron chi connectivity index (χ2n) is 9.34. The number of nitrogens with zero attached hydrogens (tertiary/aromatic N) is 5. The minimum atomic E-state index is -0.0455. The van der Waals surface area contributed by atoms with E-state index in [4.69, 9.17) is 14.5 Å². The quantitative estimate of drug-likeness (QED) is 0.457. The summed E-state index contributed by atoms with van der Waals surface area (Å²) in [5.74, 6) is 1.70. The first-order chi connectivity index (χ1) is 18.4. The number of hydrogen-bond donors (Lipinski definition) is 1. The fraction of sp³-hybridized carbons (Fsp3) is 0.407. The Bertz CT molecular complexity index is 1330. The molecule has 1 aromatic carbocycles. The van der Waals surface area contributed by atoms with Crippen LogP contribution in [0.2, 0.25) is 0 Å². The highest BCUT2D eigenvalue weighted by Crippen LogP contribution is 2.35. The number of methoxy groups -OCH3 is 1. The molecule has 2 amide bonds. The maximum Gasteiger partial charge on any atom is 0.245 e. The lowest BCUT2D eigenvalue weighted by Gasteiger charge is -2.35. The molecule has 2 aliphatic rings. The van der Waals surface area contributed by atoms with Crippen molar-refractivity contribution in [2.45, 2.75) is 25.9 Å². The molecule has 2 aliphatic heterocycles. The Morgan fingerprint density at radius 1 is 1.08 bits per heavy atom. The molecule has 11 heteroatoms. The maximum atomic E-state index is 11.9. The molecule has 38 heavy (non-hydrogen) atoms. The van der Waals surface area contributed by atoms with E-state index in [0.29, 0.717) is 43.8 Å². The number of ether oxygens (including phenoxy) is 2. The Labute approximate surface area is 225 Å². The molecule has 2 aromatic heterocycles. The van der Waals surface area contributed by atoms with Crippen molar-refractivity contribution >= 4 is 50.7 Å². The van der Waals surface area contributed by atoms with E-state index in [1.54, 1.807) is 30.3 Å². The third-order valence-corrected chi connectivity index (χ3v) is 7.89. The molecule has 0 bridgehead atoms. The van der Waals surface area contributed by atoms with Gasteiger partial charge in [-0.2, -0.15) is 4.98 Å². The molecule has 10 nitrogen and oxygen atoms in total.